The first-order chi connectivity index (χ1) is 12.2. The zero-order chi connectivity index (χ0) is 17.2. The van der Waals surface area contributed by atoms with E-state index in [1.54, 1.807) is 0 Å². The van der Waals surface area contributed by atoms with Gasteiger partial charge in [-0.25, -0.2) is 0 Å². The summed E-state index contributed by atoms with van der Waals surface area (Å²) in [5.74, 6) is 1.47. The molecule has 25 heavy (non-hydrogen) atoms. The number of carbonyl (C=O) groups is 1. The van der Waals surface area contributed by atoms with Crippen molar-refractivity contribution in [3.05, 3.63) is 70.7 Å². The minimum atomic E-state index is 0.00340. The fraction of sp³-hybridized carbons (Fsp3) is 0.318. The number of halogens is 1. The van der Waals surface area contributed by atoms with E-state index in [0.717, 1.165) is 23.5 Å². The lowest BCUT2D eigenvalue weighted by molar-refractivity contribution is -0.116. The summed E-state index contributed by atoms with van der Waals surface area (Å²) in [6.45, 7) is 0. The Hall–Kier alpha value is -2.06. The topological polar surface area (TPSA) is 29.1 Å². The van der Waals surface area contributed by atoms with Gasteiger partial charge in [-0.2, -0.15) is 0 Å². The minimum absolute atomic E-state index is 0.00340. The lowest BCUT2D eigenvalue weighted by Gasteiger charge is -2.23. The predicted molar refractivity (Wildman–Crippen MR) is 103 cm³/mol. The molecule has 0 unspecified atom stereocenters. The molecule has 2 aliphatic rings. The third-order valence-electron chi connectivity index (χ3n) is 5.59. The first-order valence-corrected chi connectivity index (χ1v) is 9.41. The van der Waals surface area contributed by atoms with Gasteiger partial charge in [0, 0.05) is 16.6 Å². The molecule has 2 aromatic rings. The summed E-state index contributed by atoms with van der Waals surface area (Å²) >= 11 is 6.31. The smallest absolute Gasteiger partial charge is 0.252 e. The van der Waals surface area contributed by atoms with Crippen molar-refractivity contribution < 1.29 is 4.79 Å². The Morgan fingerprint density at radius 3 is 2.44 bits per heavy atom. The van der Waals surface area contributed by atoms with E-state index in [-0.39, 0.29) is 5.91 Å². The van der Waals surface area contributed by atoms with Crippen molar-refractivity contribution in [2.75, 3.05) is 0 Å². The van der Waals surface area contributed by atoms with Gasteiger partial charge in [0.2, 0.25) is 0 Å². The number of fused-ring (bicyclic) bond motifs is 2. The molecule has 0 radical (unpaired) electrons. The van der Waals surface area contributed by atoms with Crippen LogP contribution in [-0.4, -0.2) is 11.9 Å². The predicted octanol–water partition coefficient (Wildman–Crippen LogP) is 5.19. The van der Waals surface area contributed by atoms with Gasteiger partial charge >= 0.3 is 0 Å². The van der Waals surface area contributed by atoms with Crippen molar-refractivity contribution in [2.45, 2.75) is 31.7 Å². The summed E-state index contributed by atoms with van der Waals surface area (Å²) in [4.78, 5) is 13.1. The van der Waals surface area contributed by atoms with Gasteiger partial charge in [-0.05, 0) is 54.4 Å². The molecule has 2 nitrogen and oxygen atoms in total. The first kappa shape index (κ1) is 16.4. The second-order valence-electron chi connectivity index (χ2n) is 7.20. The molecule has 2 aliphatic carbocycles. The molecule has 1 amide bonds. The van der Waals surface area contributed by atoms with Gasteiger partial charge in [0.25, 0.3) is 5.91 Å². The molecular weight excluding hydrogens is 330 g/mol. The molecule has 2 saturated carbocycles. The highest BCUT2D eigenvalue weighted by Crippen LogP contribution is 2.44. The van der Waals surface area contributed by atoms with Crippen LogP contribution in [0.25, 0.3) is 11.6 Å². The van der Waals surface area contributed by atoms with Crippen LogP contribution in [0, 0.1) is 11.8 Å². The van der Waals surface area contributed by atoms with Crippen molar-refractivity contribution >= 4 is 29.2 Å². The molecule has 3 heteroatoms. The van der Waals surface area contributed by atoms with Crippen LogP contribution >= 0.6 is 11.6 Å². The van der Waals surface area contributed by atoms with Crippen molar-refractivity contribution in [3.8, 4) is 0 Å². The molecule has 3 atom stereocenters. The van der Waals surface area contributed by atoms with Gasteiger partial charge in [-0.3, -0.25) is 4.79 Å². The largest absolute Gasteiger partial charge is 0.349 e. The molecule has 0 aliphatic heterocycles. The van der Waals surface area contributed by atoms with Crippen molar-refractivity contribution in [2.24, 2.45) is 11.8 Å². The van der Waals surface area contributed by atoms with Crippen LogP contribution in [0.3, 0.4) is 0 Å². The number of hydrogen-bond donors (Lipinski definition) is 1. The fourth-order valence-corrected chi connectivity index (χ4v) is 4.50. The van der Waals surface area contributed by atoms with E-state index in [1.807, 2.05) is 60.7 Å². The molecule has 0 saturated heterocycles. The Balaban J connectivity index is 1.63. The van der Waals surface area contributed by atoms with Crippen molar-refractivity contribution in [3.63, 3.8) is 0 Å². The molecule has 128 valence electrons. The first-order valence-electron chi connectivity index (χ1n) is 9.03. The second-order valence-corrected chi connectivity index (χ2v) is 7.61. The second kappa shape index (κ2) is 7.05. The Labute approximate surface area is 153 Å². The molecule has 0 heterocycles. The number of carbonyl (C=O) groups excluding carboxylic acids is 1. The monoisotopic (exact) mass is 351 g/mol. The molecule has 2 aromatic carbocycles. The SMILES string of the molecule is O=C(N[C@@H]1C[C@H]2CC[C@H]1C2)/C(=C/c1ccccc1Cl)c1ccccc1. The Morgan fingerprint density at radius 1 is 1.00 bits per heavy atom. The van der Waals surface area contributed by atoms with Gasteiger partial charge in [-0.1, -0.05) is 66.6 Å². The van der Waals surface area contributed by atoms with Gasteiger partial charge < -0.3 is 5.32 Å². The Morgan fingerprint density at radius 2 is 1.76 bits per heavy atom. The standard InChI is InChI=1S/C22H22ClNO/c23-20-9-5-4-8-17(20)14-19(16-6-2-1-3-7-16)22(25)24-21-13-15-10-11-18(21)12-15/h1-9,14-15,18,21H,10-13H2,(H,24,25)/b19-14+/t15-,18-,21+/m0/s1. The van der Waals surface area contributed by atoms with E-state index in [1.165, 1.54) is 19.3 Å². The van der Waals surface area contributed by atoms with Crippen LogP contribution in [0.15, 0.2) is 54.6 Å². The average molecular weight is 352 g/mol. The lowest BCUT2D eigenvalue weighted by atomic mass is 9.94. The fourth-order valence-electron chi connectivity index (χ4n) is 4.31. The summed E-state index contributed by atoms with van der Waals surface area (Å²) in [5.41, 5.74) is 2.46. The van der Waals surface area contributed by atoms with Crippen molar-refractivity contribution in [1.29, 1.82) is 0 Å². The zero-order valence-electron chi connectivity index (χ0n) is 14.1. The highest BCUT2D eigenvalue weighted by molar-refractivity contribution is 6.33. The van der Waals surface area contributed by atoms with E-state index in [4.69, 9.17) is 11.6 Å². The van der Waals surface area contributed by atoms with Crippen LogP contribution in [0.2, 0.25) is 5.02 Å². The van der Waals surface area contributed by atoms with Crippen LogP contribution in [0.4, 0.5) is 0 Å². The maximum absolute atomic E-state index is 13.1. The van der Waals surface area contributed by atoms with Crippen LogP contribution in [0.5, 0.6) is 0 Å². The van der Waals surface area contributed by atoms with Crippen LogP contribution in [-0.2, 0) is 4.79 Å². The Kier molecular flexibility index (Phi) is 4.63. The summed E-state index contributed by atoms with van der Waals surface area (Å²) in [6.07, 6.45) is 6.90. The number of rotatable bonds is 4. The highest BCUT2D eigenvalue weighted by Gasteiger charge is 2.40. The van der Waals surface area contributed by atoms with Gasteiger partial charge in [0.1, 0.15) is 0 Å². The summed E-state index contributed by atoms with van der Waals surface area (Å²) in [7, 11) is 0. The van der Waals surface area contributed by atoms with Gasteiger partial charge in [0.05, 0.1) is 0 Å². The average Bonchev–Trinajstić information content (AvgIpc) is 3.24. The van der Waals surface area contributed by atoms with E-state index < -0.39 is 0 Å². The molecular formula is C22H22ClNO. The quantitative estimate of drug-likeness (QED) is 0.596. The number of hydrogen-bond acceptors (Lipinski definition) is 1. The van der Waals surface area contributed by atoms with E-state index in [9.17, 15) is 4.79 Å². The third-order valence-corrected chi connectivity index (χ3v) is 5.93. The van der Waals surface area contributed by atoms with Crippen LogP contribution < -0.4 is 5.32 Å². The summed E-state index contributed by atoms with van der Waals surface area (Å²) in [5, 5.41) is 3.95. The van der Waals surface area contributed by atoms with Crippen LogP contribution in [0.1, 0.15) is 36.8 Å². The third kappa shape index (κ3) is 3.50. The molecule has 0 aromatic heterocycles. The number of nitrogens with one attached hydrogen (secondary N) is 1. The minimum Gasteiger partial charge on any atom is -0.349 e. The molecule has 4 rings (SSSR count). The van der Waals surface area contributed by atoms with Gasteiger partial charge in [0.15, 0.2) is 0 Å². The lowest BCUT2D eigenvalue weighted by Crippen LogP contribution is -2.38. The van der Waals surface area contributed by atoms with Crippen molar-refractivity contribution in [1.82, 2.24) is 5.32 Å². The number of benzene rings is 2. The zero-order valence-corrected chi connectivity index (χ0v) is 14.9. The Bertz CT molecular complexity index is 799. The number of amides is 1. The van der Waals surface area contributed by atoms with Gasteiger partial charge in [-0.15, -0.1) is 0 Å². The molecule has 1 N–H and O–H groups in total. The molecule has 0 spiro atoms. The highest BCUT2D eigenvalue weighted by atomic mass is 35.5. The maximum Gasteiger partial charge on any atom is 0.252 e. The van der Waals surface area contributed by atoms with E-state index in [0.29, 0.717) is 22.6 Å². The summed E-state index contributed by atoms with van der Waals surface area (Å²) < 4.78 is 0. The maximum atomic E-state index is 13.1. The van der Waals surface area contributed by atoms with E-state index >= 15 is 0 Å². The molecule has 2 bridgehead atoms. The normalized spacial score (nSPS) is 25.2. The van der Waals surface area contributed by atoms with E-state index in [2.05, 4.69) is 5.32 Å². The summed E-state index contributed by atoms with van der Waals surface area (Å²) in [6, 6.07) is 17.8. The molecule has 2 fully saturated rings.